The zero-order valence-corrected chi connectivity index (χ0v) is 5.65. The second kappa shape index (κ2) is 2.96. The van der Waals surface area contributed by atoms with Crippen molar-refractivity contribution in [2.45, 2.75) is 0 Å². The van der Waals surface area contributed by atoms with Gasteiger partial charge in [0.15, 0.2) is 0 Å². The fourth-order valence-corrected chi connectivity index (χ4v) is 0.635. The summed E-state index contributed by atoms with van der Waals surface area (Å²) in [5, 5.41) is 16.2. The van der Waals surface area contributed by atoms with E-state index in [-0.39, 0.29) is 5.75 Å². The number of nitrogens with zero attached hydrogens (tertiary/aromatic N) is 2. The average Bonchev–Trinajstić information content (AvgIpc) is 1.95. The van der Waals surface area contributed by atoms with Gasteiger partial charge in [0.25, 0.3) is 0 Å². The Morgan fingerprint density at radius 3 is 2.30 bits per heavy atom. The van der Waals surface area contributed by atoms with Gasteiger partial charge in [0.1, 0.15) is 5.75 Å². The lowest BCUT2D eigenvalue weighted by Crippen LogP contribution is -1.62. The Hall–Kier alpha value is -1.38. The third kappa shape index (κ3) is 1.55. The molecule has 0 aromatic heterocycles. The maximum atomic E-state index is 8.85. The topological polar surface area (TPSA) is 45.0 Å². The van der Waals surface area contributed by atoms with Crippen molar-refractivity contribution in [1.29, 1.82) is 0 Å². The average molecular weight is 136 g/mol. The van der Waals surface area contributed by atoms with Gasteiger partial charge in [-0.2, -0.15) is 10.2 Å². The van der Waals surface area contributed by atoms with Crippen molar-refractivity contribution in [3.63, 3.8) is 0 Å². The van der Waals surface area contributed by atoms with Crippen LogP contribution in [0.2, 0.25) is 0 Å². The first-order valence-electron chi connectivity index (χ1n) is 2.92. The van der Waals surface area contributed by atoms with Gasteiger partial charge in [-0.3, -0.25) is 0 Å². The van der Waals surface area contributed by atoms with E-state index in [4.69, 9.17) is 5.11 Å². The molecule has 1 N–H and O–H groups in total. The summed E-state index contributed by atoms with van der Waals surface area (Å²) in [7, 11) is 1.60. The number of hydrogen-bond acceptors (Lipinski definition) is 3. The highest BCUT2D eigenvalue weighted by Gasteiger charge is 1.87. The summed E-state index contributed by atoms with van der Waals surface area (Å²) in [6.07, 6.45) is 0. The minimum Gasteiger partial charge on any atom is -0.508 e. The van der Waals surface area contributed by atoms with E-state index in [1.807, 2.05) is 0 Å². The Morgan fingerprint density at radius 1 is 1.20 bits per heavy atom. The molecule has 0 radical (unpaired) electrons. The normalized spacial score (nSPS) is 10.5. The molecule has 0 unspecified atom stereocenters. The van der Waals surface area contributed by atoms with Gasteiger partial charge in [-0.15, -0.1) is 0 Å². The van der Waals surface area contributed by atoms with Gasteiger partial charge in [0.05, 0.1) is 5.69 Å². The van der Waals surface area contributed by atoms with Gasteiger partial charge in [-0.1, -0.05) is 0 Å². The molecule has 0 aliphatic heterocycles. The Balaban J connectivity index is 2.89. The van der Waals surface area contributed by atoms with Crippen LogP contribution in [0.1, 0.15) is 0 Å². The van der Waals surface area contributed by atoms with Crippen LogP contribution in [-0.4, -0.2) is 12.2 Å². The highest BCUT2D eigenvalue weighted by Crippen LogP contribution is 2.16. The van der Waals surface area contributed by atoms with Crippen molar-refractivity contribution < 1.29 is 5.11 Å². The number of phenols is 1. The van der Waals surface area contributed by atoms with Gasteiger partial charge in [0, 0.05) is 7.05 Å². The van der Waals surface area contributed by atoms with Crippen LogP contribution < -0.4 is 0 Å². The van der Waals surface area contributed by atoms with Crippen LogP contribution in [0.3, 0.4) is 0 Å². The first kappa shape index (κ1) is 6.74. The summed E-state index contributed by atoms with van der Waals surface area (Å²) in [6, 6.07) is 6.54. The SMILES string of the molecule is CN=Nc1ccc(O)cc1. The van der Waals surface area contributed by atoms with Gasteiger partial charge >= 0.3 is 0 Å². The largest absolute Gasteiger partial charge is 0.508 e. The van der Waals surface area contributed by atoms with Crippen molar-refractivity contribution in [3.8, 4) is 5.75 Å². The van der Waals surface area contributed by atoms with Crippen molar-refractivity contribution in [2.24, 2.45) is 10.2 Å². The number of rotatable bonds is 1. The van der Waals surface area contributed by atoms with E-state index >= 15 is 0 Å². The van der Waals surface area contributed by atoms with E-state index in [0.717, 1.165) is 5.69 Å². The highest BCUT2D eigenvalue weighted by atomic mass is 16.3. The molecular weight excluding hydrogens is 128 g/mol. The fraction of sp³-hybridized carbons (Fsp3) is 0.143. The molecule has 10 heavy (non-hydrogen) atoms. The van der Waals surface area contributed by atoms with Crippen LogP contribution >= 0.6 is 0 Å². The molecular formula is C7H8N2O. The molecule has 0 saturated carbocycles. The molecule has 0 bridgehead atoms. The van der Waals surface area contributed by atoms with Crippen molar-refractivity contribution >= 4 is 5.69 Å². The molecule has 0 fully saturated rings. The molecule has 0 aliphatic carbocycles. The third-order valence-corrected chi connectivity index (χ3v) is 1.07. The molecule has 0 heterocycles. The lowest BCUT2D eigenvalue weighted by Gasteiger charge is -1.90. The van der Waals surface area contributed by atoms with Crippen LogP contribution in [0.5, 0.6) is 5.75 Å². The Kier molecular flexibility index (Phi) is 1.99. The number of azo groups is 1. The molecule has 3 heteroatoms. The number of hydrogen-bond donors (Lipinski definition) is 1. The predicted octanol–water partition coefficient (Wildman–Crippen LogP) is 2.11. The van der Waals surface area contributed by atoms with Crippen LogP contribution in [0.25, 0.3) is 0 Å². The summed E-state index contributed by atoms with van der Waals surface area (Å²) in [5.41, 5.74) is 0.750. The predicted molar refractivity (Wildman–Crippen MR) is 38.5 cm³/mol. The summed E-state index contributed by atoms with van der Waals surface area (Å²) >= 11 is 0. The van der Waals surface area contributed by atoms with E-state index in [1.54, 1.807) is 31.3 Å². The Bertz CT molecular complexity index is 228. The molecule has 1 aromatic rings. The third-order valence-electron chi connectivity index (χ3n) is 1.07. The molecule has 3 nitrogen and oxygen atoms in total. The zero-order valence-electron chi connectivity index (χ0n) is 5.65. The van der Waals surface area contributed by atoms with E-state index in [9.17, 15) is 0 Å². The van der Waals surface area contributed by atoms with Gasteiger partial charge < -0.3 is 5.11 Å². The molecule has 0 aliphatic rings. The Morgan fingerprint density at radius 2 is 1.80 bits per heavy atom. The lowest BCUT2D eigenvalue weighted by atomic mass is 10.3. The van der Waals surface area contributed by atoms with E-state index in [0.29, 0.717) is 0 Å². The summed E-state index contributed by atoms with van der Waals surface area (Å²) in [6.45, 7) is 0. The van der Waals surface area contributed by atoms with Crippen molar-refractivity contribution in [2.75, 3.05) is 7.05 Å². The van der Waals surface area contributed by atoms with Crippen molar-refractivity contribution in [3.05, 3.63) is 24.3 Å². The number of aromatic hydroxyl groups is 1. The highest BCUT2D eigenvalue weighted by molar-refractivity contribution is 5.39. The van der Waals surface area contributed by atoms with Gasteiger partial charge in [-0.05, 0) is 24.3 Å². The van der Waals surface area contributed by atoms with Crippen LogP contribution in [0.15, 0.2) is 34.5 Å². The second-order valence-corrected chi connectivity index (χ2v) is 1.82. The molecule has 0 spiro atoms. The number of phenolic OH excluding ortho intramolecular Hbond substituents is 1. The summed E-state index contributed by atoms with van der Waals surface area (Å²) < 4.78 is 0. The van der Waals surface area contributed by atoms with Gasteiger partial charge in [-0.25, -0.2) is 0 Å². The molecule has 1 aromatic carbocycles. The van der Waals surface area contributed by atoms with Crippen molar-refractivity contribution in [1.82, 2.24) is 0 Å². The maximum absolute atomic E-state index is 8.85. The van der Waals surface area contributed by atoms with Crippen LogP contribution in [-0.2, 0) is 0 Å². The molecule has 52 valence electrons. The monoisotopic (exact) mass is 136 g/mol. The fourth-order valence-electron chi connectivity index (χ4n) is 0.635. The van der Waals surface area contributed by atoms with E-state index in [1.165, 1.54) is 0 Å². The lowest BCUT2D eigenvalue weighted by molar-refractivity contribution is 0.475. The quantitative estimate of drug-likeness (QED) is 0.590. The maximum Gasteiger partial charge on any atom is 0.115 e. The molecule has 0 atom stereocenters. The summed E-state index contributed by atoms with van der Waals surface area (Å²) in [5.74, 6) is 0.245. The standard InChI is InChI=1S/C7H8N2O/c1-8-9-6-2-4-7(10)5-3-6/h2-5,10H,1H3. The van der Waals surface area contributed by atoms with Crippen LogP contribution in [0.4, 0.5) is 5.69 Å². The van der Waals surface area contributed by atoms with Gasteiger partial charge in [0.2, 0.25) is 0 Å². The minimum absolute atomic E-state index is 0.245. The minimum atomic E-state index is 0.245. The molecule has 0 saturated heterocycles. The molecule has 0 amide bonds. The second-order valence-electron chi connectivity index (χ2n) is 1.82. The summed E-state index contributed by atoms with van der Waals surface area (Å²) in [4.78, 5) is 0. The zero-order chi connectivity index (χ0) is 7.40. The first-order chi connectivity index (χ1) is 4.83. The molecule has 1 rings (SSSR count). The van der Waals surface area contributed by atoms with Crippen LogP contribution in [0, 0.1) is 0 Å². The first-order valence-corrected chi connectivity index (χ1v) is 2.92. The van der Waals surface area contributed by atoms with E-state index < -0.39 is 0 Å². The smallest absolute Gasteiger partial charge is 0.115 e. The number of benzene rings is 1. The van der Waals surface area contributed by atoms with E-state index in [2.05, 4.69) is 10.2 Å². The Labute approximate surface area is 59.0 Å².